The Balaban J connectivity index is 1.65. The second-order valence-electron chi connectivity index (χ2n) is 11.0. The molecular weight excluding hydrogens is 523 g/mol. The highest BCUT2D eigenvalue weighted by molar-refractivity contribution is 7.32. The van der Waals surface area contributed by atoms with Crippen LogP contribution in [0.4, 0.5) is 4.79 Å². The highest BCUT2D eigenvalue weighted by Crippen LogP contribution is 2.44. The highest BCUT2D eigenvalue weighted by atomic mass is 31.1. The van der Waals surface area contributed by atoms with E-state index in [9.17, 15) is 4.79 Å². The summed E-state index contributed by atoms with van der Waals surface area (Å²) in [5.41, 5.74) is 6.50. The van der Waals surface area contributed by atoms with Gasteiger partial charge in [0.1, 0.15) is 28.3 Å². The van der Waals surface area contributed by atoms with Crippen LogP contribution < -0.4 is 9.26 Å². The second kappa shape index (κ2) is 10.8. The Labute approximate surface area is 235 Å². The van der Waals surface area contributed by atoms with E-state index in [2.05, 4.69) is 38.1 Å². The van der Waals surface area contributed by atoms with Gasteiger partial charge in [-0.05, 0) is 95.0 Å². The molecule has 7 heteroatoms. The molecule has 206 valence electrons. The first-order valence-corrected chi connectivity index (χ1v) is 14.2. The van der Waals surface area contributed by atoms with Crippen molar-refractivity contribution in [2.45, 2.75) is 54.1 Å². The number of aryl methyl sites for hydroxylation is 4. The quantitative estimate of drug-likeness (QED) is 0.162. The monoisotopic (exact) mass is 556 g/mol. The average Bonchev–Trinajstić information content (AvgIpc) is 3.01. The Hall–Kier alpha value is -4.15. The van der Waals surface area contributed by atoms with Crippen LogP contribution >= 0.6 is 8.24 Å². The molecule has 5 rings (SSSR count). The lowest BCUT2D eigenvalue weighted by molar-refractivity contribution is 0.0207. The van der Waals surface area contributed by atoms with E-state index in [4.69, 9.17) is 22.4 Å². The first kappa shape index (κ1) is 27.4. The molecule has 5 aromatic rings. The van der Waals surface area contributed by atoms with Crippen molar-refractivity contribution < 1.29 is 27.2 Å². The molecule has 1 heterocycles. The molecule has 4 aromatic carbocycles. The fraction of sp³-hybridized carbons (Fsp3) is 0.242. The van der Waals surface area contributed by atoms with Crippen molar-refractivity contribution in [3.8, 4) is 22.6 Å². The molecule has 0 bridgehead atoms. The van der Waals surface area contributed by atoms with Gasteiger partial charge in [-0.15, -0.1) is 0 Å². The minimum atomic E-state index is -1.88. The summed E-state index contributed by atoms with van der Waals surface area (Å²) in [6.07, 6.45) is -0.775. The first-order valence-electron chi connectivity index (χ1n) is 13.1. The number of carbonyl (C=O) groups excluding carboxylic acids is 1. The summed E-state index contributed by atoms with van der Waals surface area (Å²) >= 11 is 0. The lowest BCUT2D eigenvalue weighted by Crippen LogP contribution is -2.26. The van der Waals surface area contributed by atoms with Crippen molar-refractivity contribution in [3.05, 3.63) is 95.1 Å². The molecule has 0 amide bonds. The zero-order valence-corrected chi connectivity index (χ0v) is 24.7. The second-order valence-corrected chi connectivity index (χ2v) is 12.0. The molecule has 0 spiro atoms. The van der Waals surface area contributed by atoms with Crippen molar-refractivity contribution in [3.63, 3.8) is 0 Å². The van der Waals surface area contributed by atoms with E-state index in [-0.39, 0.29) is 0 Å². The smallest absolute Gasteiger partial charge is 0.428 e. The van der Waals surface area contributed by atoms with Crippen LogP contribution in [0.25, 0.3) is 33.1 Å². The summed E-state index contributed by atoms with van der Waals surface area (Å²) in [5.74, 6) is 0.894. The van der Waals surface area contributed by atoms with Gasteiger partial charge in [-0.25, -0.2) is 4.79 Å². The van der Waals surface area contributed by atoms with Crippen molar-refractivity contribution in [1.82, 2.24) is 0 Å². The predicted molar refractivity (Wildman–Crippen MR) is 160 cm³/mol. The number of carbonyl (C=O) groups is 1. The number of hydrogen-bond acceptors (Lipinski definition) is 6. The van der Waals surface area contributed by atoms with Crippen LogP contribution in [0.3, 0.4) is 0 Å². The summed E-state index contributed by atoms with van der Waals surface area (Å²) in [6, 6.07) is 23.3. The van der Waals surface area contributed by atoms with Crippen molar-refractivity contribution in [2.75, 3.05) is 0 Å². The van der Waals surface area contributed by atoms with E-state index in [0.717, 1.165) is 49.8 Å². The molecule has 0 fully saturated rings. The van der Waals surface area contributed by atoms with Gasteiger partial charge in [0.05, 0.1) is 0 Å². The molecule has 0 unspecified atom stereocenters. The molecule has 0 atom stereocenters. The number of para-hydroxylation sites is 2. The van der Waals surface area contributed by atoms with Gasteiger partial charge in [-0.2, -0.15) is 0 Å². The van der Waals surface area contributed by atoms with E-state index < -0.39 is 20.0 Å². The third kappa shape index (κ3) is 5.88. The number of fused-ring (bicyclic) bond motifs is 3. The Morgan fingerprint density at radius 2 is 1.18 bits per heavy atom. The Bertz CT molecular complexity index is 1710. The maximum absolute atomic E-state index is 12.5. The molecule has 0 saturated carbocycles. The standard InChI is InChI=1S/C33H33O6P/c1-20-16-22(3)30-26(18-20)27-19-21(2)17-23(4)31(27)39-40(38-30)37-29-15-11-9-13-25(29)24-12-8-10-14-28(24)35-32(34)36-33(5,6)7/h8-19H,1-7H3. The van der Waals surface area contributed by atoms with Gasteiger partial charge in [0.2, 0.25) is 0 Å². The minimum absolute atomic E-state index is 0.358. The largest absolute Gasteiger partial charge is 0.514 e. The maximum Gasteiger partial charge on any atom is 0.514 e. The third-order valence-corrected chi connectivity index (χ3v) is 7.29. The summed E-state index contributed by atoms with van der Waals surface area (Å²) in [5, 5.41) is 1.97. The number of ether oxygens (including phenoxy) is 2. The summed E-state index contributed by atoms with van der Waals surface area (Å²) in [7, 11) is -1.88. The third-order valence-electron chi connectivity index (χ3n) is 6.28. The molecule has 6 nitrogen and oxygen atoms in total. The summed E-state index contributed by atoms with van der Waals surface area (Å²) < 4.78 is 30.4. The minimum Gasteiger partial charge on any atom is -0.428 e. The lowest BCUT2D eigenvalue weighted by atomic mass is 10.0. The van der Waals surface area contributed by atoms with Crippen molar-refractivity contribution in [1.29, 1.82) is 0 Å². The van der Waals surface area contributed by atoms with Gasteiger partial charge in [0.15, 0.2) is 0 Å². The molecule has 40 heavy (non-hydrogen) atoms. The maximum atomic E-state index is 12.5. The summed E-state index contributed by atoms with van der Waals surface area (Å²) in [4.78, 5) is 12.5. The zero-order valence-electron chi connectivity index (χ0n) is 23.8. The van der Waals surface area contributed by atoms with Gasteiger partial charge in [-0.3, -0.25) is 0 Å². The van der Waals surface area contributed by atoms with E-state index in [1.54, 1.807) is 32.9 Å². The van der Waals surface area contributed by atoms with Crippen molar-refractivity contribution in [2.24, 2.45) is 0 Å². The van der Waals surface area contributed by atoms with E-state index in [1.807, 2.05) is 50.2 Å². The van der Waals surface area contributed by atoms with E-state index in [0.29, 0.717) is 17.1 Å². The van der Waals surface area contributed by atoms with Crippen LogP contribution in [0.15, 0.2) is 81.2 Å². The molecule has 0 aliphatic carbocycles. The predicted octanol–water partition coefficient (Wildman–Crippen LogP) is 10.3. The van der Waals surface area contributed by atoms with Crippen LogP contribution in [0, 0.1) is 27.7 Å². The molecule has 0 aliphatic heterocycles. The number of hydrogen-bond donors (Lipinski definition) is 0. The Morgan fingerprint density at radius 1 is 0.700 bits per heavy atom. The van der Waals surface area contributed by atoms with Crippen LogP contribution in [-0.4, -0.2) is 11.8 Å². The number of rotatable bonds is 4. The molecule has 0 N–H and O–H groups in total. The molecule has 0 saturated heterocycles. The summed E-state index contributed by atoms with van der Waals surface area (Å²) in [6.45, 7) is 13.6. The van der Waals surface area contributed by atoms with Gasteiger partial charge in [-0.1, -0.05) is 48.5 Å². The van der Waals surface area contributed by atoms with Gasteiger partial charge in [0, 0.05) is 21.9 Å². The van der Waals surface area contributed by atoms with Crippen LogP contribution in [0.5, 0.6) is 11.5 Å². The van der Waals surface area contributed by atoms with Crippen LogP contribution in [0.2, 0.25) is 0 Å². The average molecular weight is 557 g/mol. The first-order chi connectivity index (χ1) is 19.0. The Kier molecular flexibility index (Phi) is 7.39. The zero-order chi connectivity index (χ0) is 28.6. The fourth-order valence-electron chi connectivity index (χ4n) is 4.74. The van der Waals surface area contributed by atoms with Crippen LogP contribution in [0.1, 0.15) is 43.0 Å². The van der Waals surface area contributed by atoms with Crippen LogP contribution in [-0.2, 0) is 4.74 Å². The number of benzene rings is 4. The topological polar surface area (TPSA) is 71.0 Å². The van der Waals surface area contributed by atoms with Gasteiger partial charge in [0.25, 0.3) is 0 Å². The normalized spacial score (nSPS) is 11.5. The molecular formula is C33H33O6P. The highest BCUT2D eigenvalue weighted by Gasteiger charge is 2.21. The van der Waals surface area contributed by atoms with E-state index >= 15 is 0 Å². The van der Waals surface area contributed by atoms with Gasteiger partial charge >= 0.3 is 14.4 Å². The van der Waals surface area contributed by atoms with Crippen molar-refractivity contribution >= 4 is 36.3 Å². The van der Waals surface area contributed by atoms with Gasteiger partial charge < -0.3 is 22.4 Å². The Morgan fingerprint density at radius 3 is 1.70 bits per heavy atom. The molecule has 0 aliphatic rings. The van der Waals surface area contributed by atoms with E-state index in [1.165, 1.54) is 0 Å². The molecule has 0 radical (unpaired) electrons. The lowest BCUT2D eigenvalue weighted by Gasteiger charge is -2.19. The molecule has 1 aromatic heterocycles. The fourth-order valence-corrected chi connectivity index (χ4v) is 5.96. The SMILES string of the molecule is Cc1cc(C)c2op(Oc3ccccc3-c3ccccc3OC(=O)OC(C)(C)C)oc3c(C)cc(C)cc3c2c1.